The van der Waals surface area contributed by atoms with Crippen LogP contribution in [0.4, 0.5) is 5.82 Å². The van der Waals surface area contributed by atoms with E-state index in [4.69, 9.17) is 5.73 Å². The van der Waals surface area contributed by atoms with E-state index in [2.05, 4.69) is 17.3 Å². The van der Waals surface area contributed by atoms with Gasteiger partial charge >= 0.3 is 0 Å². The molecule has 0 radical (unpaired) electrons. The Morgan fingerprint density at radius 3 is 3.00 bits per heavy atom. The predicted octanol–water partition coefficient (Wildman–Crippen LogP) is 1.30. The molecule has 1 aliphatic rings. The van der Waals surface area contributed by atoms with Crippen LogP contribution in [0.1, 0.15) is 31.9 Å². The van der Waals surface area contributed by atoms with Crippen molar-refractivity contribution in [1.29, 1.82) is 0 Å². The van der Waals surface area contributed by atoms with Crippen LogP contribution in [-0.4, -0.2) is 22.2 Å². The molecular formula is C13H22N4O. The second kappa shape index (κ2) is 5.52. The van der Waals surface area contributed by atoms with Crippen molar-refractivity contribution in [2.75, 3.05) is 11.9 Å². The third-order valence-electron chi connectivity index (χ3n) is 3.84. The lowest BCUT2D eigenvalue weighted by Gasteiger charge is -2.17. The summed E-state index contributed by atoms with van der Waals surface area (Å²) in [6.07, 6.45) is 4.00. The average Bonchev–Trinajstić information content (AvgIpc) is 2.96. The van der Waals surface area contributed by atoms with Gasteiger partial charge < -0.3 is 11.1 Å². The molecule has 3 N–H and O–H groups in total. The largest absolute Gasteiger partial charge is 0.330 e. The Labute approximate surface area is 108 Å². The fourth-order valence-corrected chi connectivity index (χ4v) is 2.70. The molecule has 0 aromatic carbocycles. The molecule has 18 heavy (non-hydrogen) atoms. The second-order valence-corrected chi connectivity index (χ2v) is 5.02. The Hall–Kier alpha value is -1.36. The number of aryl methyl sites for hydroxylation is 2. The van der Waals surface area contributed by atoms with Gasteiger partial charge in [0.1, 0.15) is 5.82 Å². The van der Waals surface area contributed by atoms with Crippen molar-refractivity contribution in [2.45, 2.75) is 32.6 Å². The highest BCUT2D eigenvalue weighted by atomic mass is 16.2. The number of carbonyl (C=O) groups excluding carboxylic acids is 1. The van der Waals surface area contributed by atoms with Crippen LogP contribution in [0, 0.1) is 11.8 Å². The number of carbonyl (C=O) groups is 1. The smallest absolute Gasteiger partial charge is 0.228 e. The van der Waals surface area contributed by atoms with Crippen molar-refractivity contribution in [3.63, 3.8) is 0 Å². The van der Waals surface area contributed by atoms with E-state index in [1.165, 1.54) is 0 Å². The van der Waals surface area contributed by atoms with Crippen LogP contribution in [0.5, 0.6) is 0 Å². The van der Waals surface area contributed by atoms with E-state index in [0.29, 0.717) is 12.5 Å². The van der Waals surface area contributed by atoms with Crippen LogP contribution in [-0.2, 0) is 18.3 Å². The maximum Gasteiger partial charge on any atom is 0.228 e. The van der Waals surface area contributed by atoms with Gasteiger partial charge in [0.2, 0.25) is 5.91 Å². The van der Waals surface area contributed by atoms with Gasteiger partial charge in [-0.2, -0.15) is 5.10 Å². The lowest BCUT2D eigenvalue weighted by molar-refractivity contribution is -0.120. The predicted molar refractivity (Wildman–Crippen MR) is 71.1 cm³/mol. The first-order chi connectivity index (χ1) is 8.65. The summed E-state index contributed by atoms with van der Waals surface area (Å²) in [5.41, 5.74) is 6.71. The van der Waals surface area contributed by atoms with Crippen LogP contribution >= 0.6 is 0 Å². The molecule has 0 spiro atoms. The highest BCUT2D eigenvalue weighted by Gasteiger charge is 2.32. The van der Waals surface area contributed by atoms with Gasteiger partial charge in [-0.05, 0) is 31.7 Å². The van der Waals surface area contributed by atoms with Crippen LogP contribution in [0.3, 0.4) is 0 Å². The topological polar surface area (TPSA) is 72.9 Å². The third kappa shape index (κ3) is 2.56. The van der Waals surface area contributed by atoms with Gasteiger partial charge in [-0.25, -0.2) is 0 Å². The van der Waals surface area contributed by atoms with E-state index in [9.17, 15) is 4.79 Å². The van der Waals surface area contributed by atoms with E-state index in [0.717, 1.165) is 37.2 Å². The molecule has 1 fully saturated rings. The number of nitrogens with zero attached hydrogens (tertiary/aromatic N) is 2. The molecular weight excluding hydrogens is 228 g/mol. The van der Waals surface area contributed by atoms with Crippen LogP contribution in [0.2, 0.25) is 0 Å². The van der Waals surface area contributed by atoms with E-state index >= 15 is 0 Å². The van der Waals surface area contributed by atoms with E-state index < -0.39 is 0 Å². The molecule has 2 rings (SSSR count). The van der Waals surface area contributed by atoms with Crippen LogP contribution in [0.15, 0.2) is 6.07 Å². The summed E-state index contributed by atoms with van der Waals surface area (Å²) in [6.45, 7) is 2.65. The van der Waals surface area contributed by atoms with Crippen LogP contribution < -0.4 is 11.1 Å². The van der Waals surface area contributed by atoms with Gasteiger partial charge in [0.15, 0.2) is 0 Å². The minimum absolute atomic E-state index is 0.0648. The first kappa shape index (κ1) is 13.1. The summed E-state index contributed by atoms with van der Waals surface area (Å²) in [5.74, 6) is 1.27. The van der Waals surface area contributed by atoms with Crippen LogP contribution in [0.25, 0.3) is 0 Å². The average molecular weight is 250 g/mol. The first-order valence-electron chi connectivity index (χ1n) is 6.69. The summed E-state index contributed by atoms with van der Waals surface area (Å²) in [5, 5.41) is 7.30. The van der Waals surface area contributed by atoms with Crippen molar-refractivity contribution in [2.24, 2.45) is 24.6 Å². The van der Waals surface area contributed by atoms with E-state index in [1.54, 1.807) is 4.68 Å². The number of anilines is 1. The number of nitrogens with one attached hydrogen (secondary N) is 1. The molecule has 1 heterocycles. The lowest BCUT2D eigenvalue weighted by atomic mass is 9.95. The number of hydrogen-bond donors (Lipinski definition) is 2. The van der Waals surface area contributed by atoms with Gasteiger partial charge in [0, 0.05) is 19.0 Å². The van der Waals surface area contributed by atoms with Gasteiger partial charge in [-0.3, -0.25) is 9.48 Å². The zero-order valence-corrected chi connectivity index (χ0v) is 11.1. The summed E-state index contributed by atoms with van der Waals surface area (Å²) < 4.78 is 1.73. The Balaban J connectivity index is 2.04. The fourth-order valence-electron chi connectivity index (χ4n) is 2.70. The third-order valence-corrected chi connectivity index (χ3v) is 3.84. The fraction of sp³-hybridized carbons (Fsp3) is 0.692. The summed E-state index contributed by atoms with van der Waals surface area (Å²) in [4.78, 5) is 12.2. The van der Waals surface area contributed by atoms with E-state index in [1.807, 2.05) is 13.1 Å². The molecule has 100 valence electrons. The number of aromatic nitrogens is 2. The summed E-state index contributed by atoms with van der Waals surface area (Å²) in [7, 11) is 1.85. The van der Waals surface area contributed by atoms with E-state index in [-0.39, 0.29) is 11.8 Å². The number of amides is 1. The SMILES string of the molecule is CCc1cc(NC(=O)[C@@H]2CCC[C@@H]2CN)n(C)n1. The zero-order valence-electron chi connectivity index (χ0n) is 11.1. The van der Waals surface area contributed by atoms with Crippen molar-refractivity contribution in [1.82, 2.24) is 9.78 Å². The molecule has 0 unspecified atom stereocenters. The quantitative estimate of drug-likeness (QED) is 0.846. The maximum atomic E-state index is 12.2. The zero-order chi connectivity index (χ0) is 13.1. The second-order valence-electron chi connectivity index (χ2n) is 5.02. The highest BCUT2D eigenvalue weighted by molar-refractivity contribution is 5.92. The Morgan fingerprint density at radius 1 is 1.61 bits per heavy atom. The van der Waals surface area contributed by atoms with Crippen molar-refractivity contribution in [3.05, 3.63) is 11.8 Å². The minimum atomic E-state index is 0.0648. The normalized spacial score (nSPS) is 23.3. The number of nitrogens with two attached hydrogens (primary N) is 1. The van der Waals surface area contributed by atoms with Gasteiger partial charge in [0.25, 0.3) is 0 Å². The molecule has 1 aliphatic carbocycles. The van der Waals surface area contributed by atoms with Gasteiger partial charge in [-0.15, -0.1) is 0 Å². The van der Waals surface area contributed by atoms with Crippen molar-refractivity contribution < 1.29 is 4.79 Å². The van der Waals surface area contributed by atoms with Crippen molar-refractivity contribution in [3.8, 4) is 0 Å². The number of hydrogen-bond acceptors (Lipinski definition) is 3. The molecule has 5 heteroatoms. The standard InChI is InChI=1S/C13H22N4O/c1-3-10-7-12(17(2)16-10)15-13(18)11-6-4-5-9(11)8-14/h7,9,11H,3-6,8,14H2,1-2H3,(H,15,18)/t9-,11-/m1/s1. The molecule has 5 nitrogen and oxygen atoms in total. The minimum Gasteiger partial charge on any atom is -0.330 e. The first-order valence-corrected chi connectivity index (χ1v) is 6.69. The van der Waals surface area contributed by atoms with Gasteiger partial charge in [0.05, 0.1) is 5.69 Å². The number of rotatable bonds is 4. The molecule has 1 saturated carbocycles. The Kier molecular flexibility index (Phi) is 4.01. The summed E-state index contributed by atoms with van der Waals surface area (Å²) >= 11 is 0. The molecule has 1 aromatic rings. The maximum absolute atomic E-state index is 12.2. The van der Waals surface area contributed by atoms with Gasteiger partial charge in [-0.1, -0.05) is 13.3 Å². The Morgan fingerprint density at radius 2 is 2.39 bits per heavy atom. The monoisotopic (exact) mass is 250 g/mol. The Bertz CT molecular complexity index is 427. The molecule has 2 atom stereocenters. The lowest BCUT2D eigenvalue weighted by Crippen LogP contribution is -2.30. The molecule has 1 aromatic heterocycles. The molecule has 1 amide bonds. The molecule has 0 aliphatic heterocycles. The summed E-state index contributed by atoms with van der Waals surface area (Å²) in [6, 6.07) is 1.93. The molecule has 0 saturated heterocycles. The molecule has 0 bridgehead atoms. The van der Waals surface area contributed by atoms with Crippen molar-refractivity contribution >= 4 is 11.7 Å². The highest BCUT2D eigenvalue weighted by Crippen LogP contribution is 2.31.